The summed E-state index contributed by atoms with van der Waals surface area (Å²) in [6.07, 6.45) is 5.05. The van der Waals surface area contributed by atoms with Gasteiger partial charge >= 0.3 is 0 Å². The van der Waals surface area contributed by atoms with Crippen molar-refractivity contribution in [3.8, 4) is 5.75 Å². The van der Waals surface area contributed by atoms with Crippen molar-refractivity contribution in [1.82, 2.24) is 9.88 Å². The van der Waals surface area contributed by atoms with E-state index in [4.69, 9.17) is 21.1 Å². The van der Waals surface area contributed by atoms with E-state index in [-0.39, 0.29) is 12.0 Å². The minimum atomic E-state index is -0.0138. The van der Waals surface area contributed by atoms with Gasteiger partial charge in [-0.2, -0.15) is 0 Å². The first-order valence-corrected chi connectivity index (χ1v) is 7.24. The van der Waals surface area contributed by atoms with Crippen molar-refractivity contribution in [1.29, 1.82) is 0 Å². The van der Waals surface area contributed by atoms with Gasteiger partial charge in [0.15, 0.2) is 0 Å². The molecule has 1 saturated heterocycles. The largest absolute Gasteiger partial charge is 0.494 e. The van der Waals surface area contributed by atoms with Crippen molar-refractivity contribution in [2.24, 2.45) is 0 Å². The number of piperidine rings is 1. The molecule has 0 aromatic carbocycles. The van der Waals surface area contributed by atoms with Crippen molar-refractivity contribution in [3.63, 3.8) is 0 Å². The third kappa shape index (κ3) is 3.61. The predicted octanol–water partition coefficient (Wildman–Crippen LogP) is 1.95. The molecule has 1 aromatic heterocycles. The number of carbonyl (C=O) groups excluding carboxylic acids is 1. The van der Waals surface area contributed by atoms with Gasteiger partial charge in [0, 0.05) is 25.2 Å². The molecule has 0 unspecified atom stereocenters. The smallest absolute Gasteiger partial charge is 0.257 e. The first kappa shape index (κ1) is 15.1. The number of alkyl halides is 1. The number of hydrogen-bond acceptors (Lipinski definition) is 4. The Balaban J connectivity index is 1.94. The lowest BCUT2D eigenvalue weighted by Crippen LogP contribution is -2.41. The first-order valence-electron chi connectivity index (χ1n) is 6.71. The van der Waals surface area contributed by atoms with E-state index in [0.29, 0.717) is 36.9 Å². The normalized spacial score (nSPS) is 16.2. The molecule has 0 aliphatic carbocycles. The number of nitrogens with zero attached hydrogens (tertiary/aromatic N) is 2. The quantitative estimate of drug-likeness (QED) is 0.780. The number of ether oxygens (including phenoxy) is 2. The van der Waals surface area contributed by atoms with Crippen molar-refractivity contribution >= 4 is 17.5 Å². The monoisotopic (exact) mass is 298 g/mol. The summed E-state index contributed by atoms with van der Waals surface area (Å²) in [4.78, 5) is 18.2. The van der Waals surface area contributed by atoms with Gasteiger partial charge in [0.1, 0.15) is 5.75 Å². The zero-order valence-electron chi connectivity index (χ0n) is 11.5. The lowest BCUT2D eigenvalue weighted by Gasteiger charge is -2.32. The Bertz CT molecular complexity index is 448. The third-order valence-corrected chi connectivity index (χ3v) is 3.55. The number of hydrogen-bond donors (Lipinski definition) is 0. The average molecular weight is 299 g/mol. The van der Waals surface area contributed by atoms with E-state index in [1.165, 1.54) is 0 Å². The average Bonchev–Trinajstić information content (AvgIpc) is 2.52. The molecule has 2 heterocycles. The second-order valence-electron chi connectivity index (χ2n) is 4.63. The van der Waals surface area contributed by atoms with E-state index >= 15 is 0 Å². The highest BCUT2D eigenvalue weighted by molar-refractivity contribution is 6.17. The Morgan fingerprint density at radius 1 is 1.50 bits per heavy atom. The van der Waals surface area contributed by atoms with Crippen LogP contribution < -0.4 is 4.74 Å². The van der Waals surface area contributed by atoms with Gasteiger partial charge < -0.3 is 14.4 Å². The van der Waals surface area contributed by atoms with Crippen LogP contribution in [-0.2, 0) is 4.74 Å². The second kappa shape index (κ2) is 7.45. The number of pyridine rings is 1. The van der Waals surface area contributed by atoms with E-state index < -0.39 is 0 Å². The van der Waals surface area contributed by atoms with Crippen molar-refractivity contribution in [2.75, 3.05) is 32.7 Å². The topological polar surface area (TPSA) is 51.7 Å². The van der Waals surface area contributed by atoms with Crippen LogP contribution in [0.2, 0.25) is 0 Å². The van der Waals surface area contributed by atoms with Gasteiger partial charge in [0.2, 0.25) is 0 Å². The molecular weight excluding hydrogens is 280 g/mol. The van der Waals surface area contributed by atoms with Crippen LogP contribution >= 0.6 is 11.6 Å². The molecule has 0 bridgehead atoms. The maximum absolute atomic E-state index is 12.5. The maximum Gasteiger partial charge on any atom is 0.257 e. The summed E-state index contributed by atoms with van der Waals surface area (Å²) in [7, 11) is 1.54. The van der Waals surface area contributed by atoms with Crippen LogP contribution in [0.1, 0.15) is 23.2 Å². The molecule has 1 aromatic rings. The summed E-state index contributed by atoms with van der Waals surface area (Å²) in [5, 5.41) is 0. The fourth-order valence-corrected chi connectivity index (χ4v) is 2.42. The zero-order valence-corrected chi connectivity index (χ0v) is 12.3. The van der Waals surface area contributed by atoms with Gasteiger partial charge in [-0.3, -0.25) is 9.78 Å². The number of methoxy groups -OCH3 is 1. The summed E-state index contributed by atoms with van der Waals surface area (Å²) < 4.78 is 10.8. The zero-order chi connectivity index (χ0) is 14.4. The molecule has 20 heavy (non-hydrogen) atoms. The Labute approximate surface area is 123 Å². The van der Waals surface area contributed by atoms with Crippen molar-refractivity contribution in [3.05, 3.63) is 24.0 Å². The fraction of sp³-hybridized carbons (Fsp3) is 0.571. The highest BCUT2D eigenvalue weighted by Crippen LogP contribution is 2.21. The van der Waals surface area contributed by atoms with Crippen LogP contribution in [0.25, 0.3) is 0 Å². The van der Waals surface area contributed by atoms with Crippen LogP contribution in [0.5, 0.6) is 5.75 Å². The lowest BCUT2D eigenvalue weighted by molar-refractivity contribution is 0.0153. The number of rotatable bonds is 5. The van der Waals surface area contributed by atoms with E-state index in [0.717, 1.165) is 12.8 Å². The summed E-state index contributed by atoms with van der Waals surface area (Å²) in [6, 6.07) is 1.69. The van der Waals surface area contributed by atoms with Crippen LogP contribution in [0.3, 0.4) is 0 Å². The molecule has 1 aliphatic heterocycles. The summed E-state index contributed by atoms with van der Waals surface area (Å²) in [6.45, 7) is 1.95. The third-order valence-electron chi connectivity index (χ3n) is 3.39. The minimum absolute atomic E-state index is 0.0138. The predicted molar refractivity (Wildman–Crippen MR) is 76.4 cm³/mol. The highest BCUT2D eigenvalue weighted by Gasteiger charge is 2.25. The second-order valence-corrected chi connectivity index (χ2v) is 5.01. The summed E-state index contributed by atoms with van der Waals surface area (Å²) >= 11 is 5.60. The molecule has 110 valence electrons. The molecule has 1 aliphatic rings. The fourth-order valence-electron chi connectivity index (χ4n) is 2.33. The van der Waals surface area contributed by atoms with Crippen molar-refractivity contribution in [2.45, 2.75) is 18.9 Å². The Morgan fingerprint density at radius 2 is 2.25 bits per heavy atom. The van der Waals surface area contributed by atoms with Gasteiger partial charge in [-0.25, -0.2) is 0 Å². The van der Waals surface area contributed by atoms with Gasteiger partial charge in [0.05, 0.1) is 31.6 Å². The van der Waals surface area contributed by atoms with Crippen LogP contribution in [0.4, 0.5) is 0 Å². The molecule has 0 atom stereocenters. The number of likely N-dealkylation sites (tertiary alicyclic amines) is 1. The van der Waals surface area contributed by atoms with Gasteiger partial charge in [-0.15, -0.1) is 11.6 Å². The molecule has 6 heteroatoms. The Kier molecular flexibility index (Phi) is 5.61. The molecule has 1 amide bonds. The van der Waals surface area contributed by atoms with Crippen molar-refractivity contribution < 1.29 is 14.3 Å². The minimum Gasteiger partial charge on any atom is -0.494 e. The number of halogens is 1. The molecule has 0 radical (unpaired) electrons. The highest BCUT2D eigenvalue weighted by atomic mass is 35.5. The Morgan fingerprint density at radius 3 is 2.90 bits per heavy atom. The van der Waals surface area contributed by atoms with Gasteiger partial charge in [0.25, 0.3) is 5.91 Å². The maximum atomic E-state index is 12.5. The number of amides is 1. The van der Waals surface area contributed by atoms with Crippen LogP contribution in [-0.4, -0.2) is 54.6 Å². The lowest BCUT2D eigenvalue weighted by atomic mass is 10.1. The van der Waals surface area contributed by atoms with Crippen LogP contribution in [0.15, 0.2) is 18.5 Å². The SMILES string of the molecule is COc1cnccc1C(=O)N1CCC(OCCCl)CC1. The van der Waals surface area contributed by atoms with Gasteiger partial charge in [-0.1, -0.05) is 0 Å². The molecule has 0 saturated carbocycles. The molecule has 0 N–H and O–H groups in total. The van der Waals surface area contributed by atoms with E-state index in [1.54, 1.807) is 25.6 Å². The van der Waals surface area contributed by atoms with E-state index in [1.807, 2.05) is 4.90 Å². The summed E-state index contributed by atoms with van der Waals surface area (Å²) in [5.41, 5.74) is 0.558. The van der Waals surface area contributed by atoms with E-state index in [2.05, 4.69) is 4.98 Å². The van der Waals surface area contributed by atoms with Crippen LogP contribution in [0, 0.1) is 0 Å². The Hall–Kier alpha value is -1.33. The standard InChI is InChI=1S/C14H19ClN2O3/c1-19-13-10-16-6-2-12(13)14(18)17-7-3-11(4-8-17)20-9-5-15/h2,6,10-11H,3-5,7-9H2,1H3. The number of aromatic nitrogens is 1. The molecule has 1 fully saturated rings. The molecule has 0 spiro atoms. The molecule has 2 rings (SSSR count). The molecular formula is C14H19ClN2O3. The van der Waals surface area contributed by atoms with Gasteiger partial charge in [-0.05, 0) is 18.9 Å². The molecule has 5 nitrogen and oxygen atoms in total. The summed E-state index contributed by atoms with van der Waals surface area (Å²) in [5.74, 6) is 1.01. The number of carbonyl (C=O) groups is 1. The first-order chi connectivity index (χ1) is 9.76. The van der Waals surface area contributed by atoms with E-state index in [9.17, 15) is 4.79 Å².